The number of hydrogen-bond acceptors (Lipinski definition) is 5. The molecule has 0 saturated carbocycles. The van der Waals surface area contributed by atoms with Crippen molar-refractivity contribution in [2.75, 3.05) is 36.6 Å². The minimum atomic E-state index is -1.25. The highest BCUT2D eigenvalue weighted by Gasteiger charge is 2.43. The Morgan fingerprint density at radius 3 is 2.35 bits per heavy atom. The summed E-state index contributed by atoms with van der Waals surface area (Å²) in [4.78, 5) is 28.3. The number of amides is 1. The number of carboxylic acids is 1. The molecule has 3 aromatic rings. The van der Waals surface area contributed by atoms with Gasteiger partial charge in [0, 0.05) is 31.1 Å². The first-order chi connectivity index (χ1) is 19.2. The van der Waals surface area contributed by atoms with Gasteiger partial charge in [-0.05, 0) is 61.2 Å². The first-order valence-corrected chi connectivity index (χ1v) is 13.0. The van der Waals surface area contributed by atoms with E-state index in [1.54, 1.807) is 36.3 Å². The first kappa shape index (κ1) is 27.4. The van der Waals surface area contributed by atoms with Crippen LogP contribution in [-0.4, -0.2) is 43.8 Å². The van der Waals surface area contributed by atoms with Gasteiger partial charge in [-0.15, -0.1) is 0 Å². The summed E-state index contributed by atoms with van der Waals surface area (Å²) in [7, 11) is 1.56. The topological polar surface area (TPSA) is 79.3 Å². The van der Waals surface area contributed by atoms with Gasteiger partial charge in [-0.2, -0.15) is 0 Å². The maximum absolute atomic E-state index is 15.1. The van der Waals surface area contributed by atoms with Crippen LogP contribution in [0.25, 0.3) is 0 Å². The molecule has 1 amide bonds. The maximum Gasteiger partial charge on any atom is 0.313 e. The molecule has 0 bridgehead atoms. The number of benzene rings is 3. The maximum atomic E-state index is 15.1. The number of hydrogen-bond donors (Lipinski definition) is 1. The molecule has 1 fully saturated rings. The molecule has 5 rings (SSSR count). The fourth-order valence-corrected chi connectivity index (χ4v) is 5.38. The van der Waals surface area contributed by atoms with E-state index >= 15 is 4.39 Å². The number of methoxy groups -OCH3 is 1. The molecule has 40 heavy (non-hydrogen) atoms. The Bertz CT molecular complexity index is 1420. The lowest BCUT2D eigenvalue weighted by molar-refractivity contribution is -0.152. The van der Waals surface area contributed by atoms with Gasteiger partial charge < -0.3 is 24.4 Å². The van der Waals surface area contributed by atoms with Crippen LogP contribution in [0.1, 0.15) is 30.4 Å². The van der Waals surface area contributed by atoms with E-state index in [9.17, 15) is 23.5 Å². The number of anilines is 2. The molecule has 0 radical (unpaired) electrons. The number of carboxylic acid groups (broad SMARTS) is 1. The third-order valence-corrected chi connectivity index (χ3v) is 7.78. The largest absolute Gasteiger partial charge is 0.497 e. The van der Waals surface area contributed by atoms with Gasteiger partial charge in [0.25, 0.3) is 0 Å². The van der Waals surface area contributed by atoms with Crippen molar-refractivity contribution < 1.29 is 37.3 Å². The molecular weight excluding hydrogens is 525 g/mol. The molecular formula is C30H29F3N2O5. The van der Waals surface area contributed by atoms with Crippen LogP contribution in [0.5, 0.6) is 11.5 Å². The summed E-state index contributed by atoms with van der Waals surface area (Å²) >= 11 is 0. The van der Waals surface area contributed by atoms with Crippen molar-refractivity contribution in [2.24, 2.45) is 5.41 Å². The van der Waals surface area contributed by atoms with Crippen LogP contribution in [0.2, 0.25) is 0 Å². The Hall–Kier alpha value is -4.21. The zero-order chi connectivity index (χ0) is 28.4. The van der Waals surface area contributed by atoms with Crippen LogP contribution in [0.4, 0.5) is 24.5 Å². The molecule has 0 spiro atoms. The lowest BCUT2D eigenvalue weighted by Gasteiger charge is -2.40. The number of ether oxygens (including phenoxy) is 2. The molecule has 7 nitrogen and oxygen atoms in total. The molecule has 2 aliphatic rings. The highest BCUT2D eigenvalue weighted by atomic mass is 19.1. The minimum Gasteiger partial charge on any atom is -0.497 e. The van der Waals surface area contributed by atoms with Crippen molar-refractivity contribution in [3.05, 3.63) is 83.2 Å². The Morgan fingerprint density at radius 2 is 1.70 bits per heavy atom. The van der Waals surface area contributed by atoms with E-state index in [-0.39, 0.29) is 69.2 Å². The number of rotatable bonds is 8. The Balaban J connectivity index is 1.34. The van der Waals surface area contributed by atoms with Crippen LogP contribution >= 0.6 is 0 Å². The fraction of sp³-hybridized carbons (Fsp3) is 0.333. The molecule has 210 valence electrons. The van der Waals surface area contributed by atoms with Gasteiger partial charge in [0.1, 0.15) is 41.0 Å². The van der Waals surface area contributed by atoms with Gasteiger partial charge >= 0.3 is 5.97 Å². The van der Waals surface area contributed by atoms with Crippen molar-refractivity contribution in [1.82, 2.24) is 0 Å². The zero-order valence-electron chi connectivity index (χ0n) is 22.0. The van der Waals surface area contributed by atoms with Crippen LogP contribution in [0.15, 0.2) is 54.6 Å². The lowest BCUT2D eigenvalue weighted by atomic mass is 9.79. The molecule has 2 heterocycles. The van der Waals surface area contributed by atoms with Gasteiger partial charge in [0.15, 0.2) is 0 Å². The van der Waals surface area contributed by atoms with Crippen LogP contribution in [0, 0.1) is 22.9 Å². The van der Waals surface area contributed by atoms with Crippen molar-refractivity contribution in [3.63, 3.8) is 0 Å². The van der Waals surface area contributed by atoms with E-state index in [1.165, 1.54) is 29.2 Å². The monoisotopic (exact) mass is 554 g/mol. The molecule has 2 aliphatic heterocycles. The summed E-state index contributed by atoms with van der Waals surface area (Å²) in [6.07, 6.45) is 0.762. The van der Waals surface area contributed by atoms with E-state index in [0.717, 1.165) is 11.6 Å². The van der Waals surface area contributed by atoms with Crippen LogP contribution in [0.3, 0.4) is 0 Å². The summed E-state index contributed by atoms with van der Waals surface area (Å²) in [6.45, 7) is 0.464. The second-order valence-electron chi connectivity index (χ2n) is 10.2. The van der Waals surface area contributed by atoms with Gasteiger partial charge in [-0.3, -0.25) is 9.59 Å². The molecule has 0 atom stereocenters. The van der Waals surface area contributed by atoms with Crippen LogP contribution in [-0.2, 0) is 22.6 Å². The fourth-order valence-electron chi connectivity index (χ4n) is 5.38. The average Bonchev–Trinajstić information content (AvgIpc) is 2.95. The molecule has 1 saturated heterocycles. The number of carbonyl (C=O) groups is 2. The first-order valence-electron chi connectivity index (χ1n) is 13.0. The molecule has 0 unspecified atom stereocenters. The summed E-state index contributed by atoms with van der Waals surface area (Å²) in [5.74, 6) is -2.22. The SMILES string of the molecule is COc1ccc(CN2C(=O)CCc3c(OCC4(C(=O)O)CCN(c5ccc(F)cc5F)CC4)ccc(F)c32)cc1. The predicted octanol–water partition coefficient (Wildman–Crippen LogP) is 5.34. The Labute approximate surface area is 229 Å². The van der Waals surface area contributed by atoms with Gasteiger partial charge in [-0.1, -0.05) is 12.1 Å². The van der Waals surface area contributed by atoms with Gasteiger partial charge in [0.2, 0.25) is 5.91 Å². The standard InChI is InChI=1S/C30H29F3N2O5/c1-39-21-5-2-19(3-6-21)17-35-27(36)11-7-22-26(10-8-23(32)28(22)35)40-18-30(29(37)38)12-14-34(15-13-30)25-9-4-20(31)16-24(25)33/h2-6,8-10,16H,7,11-15,17-18H2,1H3,(H,37,38). The number of aliphatic carboxylic acids is 1. The van der Waals surface area contributed by atoms with Crippen molar-refractivity contribution in [2.45, 2.75) is 32.2 Å². The number of nitrogens with zero attached hydrogens (tertiary/aromatic N) is 2. The normalized spacial score (nSPS) is 16.4. The number of carbonyl (C=O) groups excluding carboxylic acids is 1. The van der Waals surface area contributed by atoms with Crippen molar-refractivity contribution in [3.8, 4) is 11.5 Å². The minimum absolute atomic E-state index is 0.135. The van der Waals surface area contributed by atoms with Gasteiger partial charge in [0.05, 0.1) is 25.0 Å². The van der Waals surface area contributed by atoms with E-state index < -0.39 is 28.8 Å². The molecule has 3 aromatic carbocycles. The molecule has 0 aromatic heterocycles. The quantitative estimate of drug-likeness (QED) is 0.405. The number of halogens is 3. The second kappa shape index (κ2) is 11.1. The Morgan fingerprint density at radius 1 is 0.975 bits per heavy atom. The highest BCUT2D eigenvalue weighted by Crippen LogP contribution is 2.40. The second-order valence-corrected chi connectivity index (χ2v) is 10.2. The van der Waals surface area contributed by atoms with Gasteiger partial charge in [-0.25, -0.2) is 13.2 Å². The highest BCUT2D eigenvalue weighted by molar-refractivity contribution is 5.97. The van der Waals surface area contributed by atoms with E-state index in [2.05, 4.69) is 0 Å². The van der Waals surface area contributed by atoms with E-state index in [0.29, 0.717) is 17.1 Å². The van der Waals surface area contributed by atoms with E-state index in [1.807, 2.05) is 0 Å². The average molecular weight is 555 g/mol. The molecule has 10 heteroatoms. The zero-order valence-corrected chi connectivity index (χ0v) is 22.0. The predicted molar refractivity (Wildman–Crippen MR) is 142 cm³/mol. The van der Waals surface area contributed by atoms with Crippen molar-refractivity contribution in [1.29, 1.82) is 0 Å². The lowest BCUT2D eigenvalue weighted by Crippen LogP contribution is -2.48. The molecule has 1 N–H and O–H groups in total. The summed E-state index contributed by atoms with van der Waals surface area (Å²) < 4.78 is 54.0. The van der Waals surface area contributed by atoms with Crippen LogP contribution < -0.4 is 19.3 Å². The van der Waals surface area contributed by atoms with E-state index in [4.69, 9.17) is 9.47 Å². The molecule has 0 aliphatic carbocycles. The number of fused-ring (bicyclic) bond motifs is 1. The third kappa shape index (κ3) is 5.30. The third-order valence-electron chi connectivity index (χ3n) is 7.78. The summed E-state index contributed by atoms with van der Waals surface area (Å²) in [5, 5.41) is 10.1. The summed E-state index contributed by atoms with van der Waals surface area (Å²) in [6, 6.07) is 13.1. The van der Waals surface area contributed by atoms with Crippen molar-refractivity contribution >= 4 is 23.3 Å². The number of piperidine rings is 1. The Kier molecular flexibility index (Phi) is 7.60. The smallest absolute Gasteiger partial charge is 0.313 e. The summed E-state index contributed by atoms with van der Waals surface area (Å²) in [5.41, 5.74) is 0.411.